The summed E-state index contributed by atoms with van der Waals surface area (Å²) in [4.78, 5) is 0.978. The minimum absolute atomic E-state index is 0.0925. The van der Waals surface area contributed by atoms with Crippen LogP contribution in [0.5, 0.6) is 0 Å². The Kier molecular flexibility index (Phi) is 4.31. The summed E-state index contributed by atoms with van der Waals surface area (Å²) in [5, 5.41) is 13.5. The second kappa shape index (κ2) is 5.75. The highest BCUT2D eigenvalue weighted by atomic mass is 79.9. The van der Waals surface area contributed by atoms with Gasteiger partial charge in [-0.1, -0.05) is 6.92 Å². The Morgan fingerprint density at radius 3 is 3.00 bits per heavy atom. The van der Waals surface area contributed by atoms with Crippen molar-refractivity contribution in [1.82, 2.24) is 15.5 Å². The van der Waals surface area contributed by atoms with Gasteiger partial charge in [-0.25, -0.2) is 0 Å². The first-order valence-electron chi connectivity index (χ1n) is 5.52. The van der Waals surface area contributed by atoms with E-state index >= 15 is 0 Å². The van der Waals surface area contributed by atoms with E-state index in [1.165, 1.54) is 0 Å². The number of hydrogen-bond donors (Lipinski definition) is 1. The zero-order chi connectivity index (χ0) is 12.3. The minimum atomic E-state index is 0.0925. The van der Waals surface area contributed by atoms with E-state index in [0.717, 1.165) is 22.3 Å². The smallest absolute Gasteiger partial charge is 0.258 e. The third kappa shape index (κ3) is 2.94. The predicted octanol–water partition coefficient (Wildman–Crippen LogP) is 3.62. The van der Waals surface area contributed by atoms with Crippen LogP contribution in [0.1, 0.15) is 32.2 Å². The summed E-state index contributed by atoms with van der Waals surface area (Å²) in [6.45, 7) is 5.10. The molecule has 1 N–H and O–H groups in total. The predicted molar refractivity (Wildman–Crippen MR) is 72.0 cm³/mol. The molecule has 17 heavy (non-hydrogen) atoms. The summed E-state index contributed by atoms with van der Waals surface area (Å²) >= 11 is 5.04. The molecular weight excluding hydrogens is 302 g/mol. The number of aromatic nitrogens is 2. The average Bonchev–Trinajstić information content (AvgIpc) is 2.93. The van der Waals surface area contributed by atoms with E-state index in [0.29, 0.717) is 11.8 Å². The van der Waals surface area contributed by atoms with Crippen molar-refractivity contribution in [2.75, 3.05) is 6.54 Å². The number of nitrogens with one attached hydrogen (secondary N) is 1. The molecule has 0 aliphatic rings. The Morgan fingerprint density at radius 2 is 2.35 bits per heavy atom. The van der Waals surface area contributed by atoms with E-state index in [1.54, 1.807) is 11.3 Å². The molecule has 0 aliphatic carbocycles. The van der Waals surface area contributed by atoms with Crippen LogP contribution in [-0.4, -0.2) is 16.7 Å². The van der Waals surface area contributed by atoms with Gasteiger partial charge in [-0.15, -0.1) is 21.5 Å². The second-order valence-electron chi connectivity index (χ2n) is 3.72. The van der Waals surface area contributed by atoms with E-state index in [2.05, 4.69) is 38.4 Å². The molecule has 92 valence electrons. The highest BCUT2D eigenvalue weighted by Gasteiger charge is 2.16. The molecule has 0 amide bonds. The highest BCUT2D eigenvalue weighted by molar-refractivity contribution is 9.10. The maximum atomic E-state index is 5.66. The standard InChI is InChI=1S/C11H14BrN3OS/c1-3-5-13-7(2)10-14-15-11(16-10)9-8(12)4-6-17-9/h4,6-7,13H,3,5H2,1-2H3. The molecule has 0 bridgehead atoms. The Labute approximate surface area is 113 Å². The number of hydrogen-bond acceptors (Lipinski definition) is 5. The molecule has 6 heteroatoms. The molecule has 2 rings (SSSR count). The third-order valence-corrected chi connectivity index (χ3v) is 4.15. The minimum Gasteiger partial charge on any atom is -0.418 e. The first-order chi connectivity index (χ1) is 8.22. The summed E-state index contributed by atoms with van der Waals surface area (Å²) < 4.78 is 6.66. The van der Waals surface area contributed by atoms with Crippen LogP contribution < -0.4 is 5.32 Å². The number of rotatable bonds is 5. The lowest BCUT2D eigenvalue weighted by Crippen LogP contribution is -2.19. The zero-order valence-corrected chi connectivity index (χ0v) is 12.1. The summed E-state index contributed by atoms with van der Waals surface area (Å²) in [5.41, 5.74) is 0. The lowest BCUT2D eigenvalue weighted by atomic mass is 10.3. The SMILES string of the molecule is CCCNC(C)c1nnc(-c2sccc2Br)o1. The van der Waals surface area contributed by atoms with E-state index in [9.17, 15) is 0 Å². The summed E-state index contributed by atoms with van der Waals surface area (Å²) in [6, 6.07) is 2.07. The summed E-state index contributed by atoms with van der Waals surface area (Å²) in [5.74, 6) is 1.21. The first-order valence-corrected chi connectivity index (χ1v) is 7.19. The molecule has 2 aromatic rings. The molecule has 0 saturated carbocycles. The lowest BCUT2D eigenvalue weighted by Gasteiger charge is -2.07. The van der Waals surface area contributed by atoms with Gasteiger partial charge in [-0.2, -0.15) is 0 Å². The van der Waals surface area contributed by atoms with Gasteiger partial charge in [0, 0.05) is 4.47 Å². The molecule has 1 unspecified atom stereocenters. The molecule has 4 nitrogen and oxygen atoms in total. The van der Waals surface area contributed by atoms with Crippen molar-refractivity contribution in [3.8, 4) is 10.8 Å². The third-order valence-electron chi connectivity index (χ3n) is 2.32. The maximum absolute atomic E-state index is 5.66. The topological polar surface area (TPSA) is 51.0 Å². The monoisotopic (exact) mass is 315 g/mol. The van der Waals surface area contributed by atoms with Gasteiger partial charge in [0.2, 0.25) is 5.89 Å². The fourth-order valence-electron chi connectivity index (χ4n) is 1.40. The summed E-state index contributed by atoms with van der Waals surface area (Å²) in [6.07, 6.45) is 1.09. The molecule has 0 aliphatic heterocycles. The van der Waals surface area contributed by atoms with Crippen LogP contribution in [0.4, 0.5) is 0 Å². The Morgan fingerprint density at radius 1 is 1.53 bits per heavy atom. The molecule has 0 radical (unpaired) electrons. The molecule has 0 saturated heterocycles. The van der Waals surface area contributed by atoms with Crippen LogP contribution in [0.3, 0.4) is 0 Å². The van der Waals surface area contributed by atoms with Gasteiger partial charge in [0.25, 0.3) is 5.89 Å². The van der Waals surface area contributed by atoms with Gasteiger partial charge in [0.05, 0.1) is 6.04 Å². The van der Waals surface area contributed by atoms with Crippen LogP contribution in [0, 0.1) is 0 Å². The van der Waals surface area contributed by atoms with Crippen LogP contribution in [0.2, 0.25) is 0 Å². The first kappa shape index (κ1) is 12.7. The van der Waals surface area contributed by atoms with Gasteiger partial charge < -0.3 is 9.73 Å². The van der Waals surface area contributed by atoms with Crippen LogP contribution in [0.25, 0.3) is 10.8 Å². The molecule has 2 heterocycles. The van der Waals surface area contributed by atoms with Crippen molar-refractivity contribution in [2.45, 2.75) is 26.3 Å². The van der Waals surface area contributed by atoms with Crippen molar-refractivity contribution in [1.29, 1.82) is 0 Å². The molecule has 0 fully saturated rings. The van der Waals surface area contributed by atoms with Gasteiger partial charge in [0.15, 0.2) is 0 Å². The number of nitrogens with zero attached hydrogens (tertiary/aromatic N) is 2. The Bertz CT molecular complexity index is 483. The zero-order valence-electron chi connectivity index (χ0n) is 9.74. The van der Waals surface area contributed by atoms with E-state index in [4.69, 9.17) is 4.42 Å². The largest absolute Gasteiger partial charge is 0.418 e. The highest BCUT2D eigenvalue weighted by Crippen LogP contribution is 2.32. The lowest BCUT2D eigenvalue weighted by molar-refractivity contribution is 0.423. The fourth-order valence-corrected chi connectivity index (χ4v) is 2.86. The van der Waals surface area contributed by atoms with Gasteiger partial charge in [0.1, 0.15) is 4.88 Å². The fraction of sp³-hybridized carbons (Fsp3) is 0.455. The molecule has 0 aromatic carbocycles. The maximum Gasteiger partial charge on any atom is 0.258 e. The van der Waals surface area contributed by atoms with Crippen molar-refractivity contribution in [2.24, 2.45) is 0 Å². The van der Waals surface area contributed by atoms with Gasteiger partial charge in [-0.3, -0.25) is 0 Å². The van der Waals surface area contributed by atoms with Gasteiger partial charge in [-0.05, 0) is 47.3 Å². The quantitative estimate of drug-likeness (QED) is 0.915. The van der Waals surface area contributed by atoms with Crippen LogP contribution in [0.15, 0.2) is 20.3 Å². The second-order valence-corrected chi connectivity index (χ2v) is 5.49. The molecule has 1 atom stereocenters. The van der Waals surface area contributed by atoms with E-state index < -0.39 is 0 Å². The van der Waals surface area contributed by atoms with Crippen LogP contribution in [-0.2, 0) is 0 Å². The van der Waals surface area contributed by atoms with E-state index in [-0.39, 0.29) is 6.04 Å². The average molecular weight is 316 g/mol. The van der Waals surface area contributed by atoms with Gasteiger partial charge >= 0.3 is 0 Å². The molecular formula is C11H14BrN3OS. The molecule has 2 aromatic heterocycles. The Hall–Kier alpha value is -0.720. The van der Waals surface area contributed by atoms with Crippen molar-refractivity contribution < 1.29 is 4.42 Å². The number of thiophene rings is 1. The normalized spacial score (nSPS) is 12.9. The van der Waals surface area contributed by atoms with Crippen LogP contribution >= 0.6 is 27.3 Å². The Balaban J connectivity index is 2.13. The molecule has 0 spiro atoms. The van der Waals surface area contributed by atoms with Crippen molar-refractivity contribution in [3.63, 3.8) is 0 Å². The number of halogens is 1. The van der Waals surface area contributed by atoms with Crippen molar-refractivity contribution >= 4 is 27.3 Å². The van der Waals surface area contributed by atoms with E-state index in [1.807, 2.05) is 18.4 Å². The summed E-state index contributed by atoms with van der Waals surface area (Å²) in [7, 11) is 0. The van der Waals surface area contributed by atoms with Crippen molar-refractivity contribution in [3.05, 3.63) is 21.8 Å².